The quantitative estimate of drug-likeness (QED) is 0.604. The van der Waals surface area contributed by atoms with Crippen molar-refractivity contribution in [3.63, 3.8) is 0 Å². The first kappa shape index (κ1) is 13.9. The van der Waals surface area contributed by atoms with Gasteiger partial charge in [0.1, 0.15) is 0 Å². The van der Waals surface area contributed by atoms with Crippen LogP contribution in [0.5, 0.6) is 0 Å². The molecular weight excluding hydrogens is 210 g/mol. The van der Waals surface area contributed by atoms with E-state index in [4.69, 9.17) is 0 Å². The standard InChI is InChI=1S/C15H23NO/c1-5-7-16-8-6-14(17)15-12(3)9-11(2)10-13(15)4/h9-10,16H,5-8H2,1-4H3. The maximum absolute atomic E-state index is 12.1. The lowest BCUT2D eigenvalue weighted by Gasteiger charge is -2.10. The van der Waals surface area contributed by atoms with Crippen LogP contribution in [0, 0.1) is 20.8 Å². The Morgan fingerprint density at radius 3 is 2.24 bits per heavy atom. The third-order valence-corrected chi connectivity index (χ3v) is 2.91. The minimum atomic E-state index is 0.253. The molecule has 0 aliphatic heterocycles. The molecule has 1 aromatic carbocycles. The highest BCUT2D eigenvalue weighted by Crippen LogP contribution is 2.17. The summed E-state index contributed by atoms with van der Waals surface area (Å²) in [6.45, 7) is 10.00. The minimum Gasteiger partial charge on any atom is -0.316 e. The van der Waals surface area contributed by atoms with Crippen LogP contribution in [0.1, 0.15) is 46.8 Å². The number of carbonyl (C=O) groups excluding carboxylic acids is 1. The van der Waals surface area contributed by atoms with Gasteiger partial charge in [0.05, 0.1) is 0 Å². The number of benzene rings is 1. The summed E-state index contributed by atoms with van der Waals surface area (Å²) in [5.41, 5.74) is 4.33. The molecule has 0 heterocycles. The van der Waals surface area contributed by atoms with E-state index in [1.807, 2.05) is 13.8 Å². The molecule has 2 heteroatoms. The zero-order chi connectivity index (χ0) is 12.8. The molecule has 0 aliphatic rings. The Labute approximate surface area is 104 Å². The molecule has 1 aromatic rings. The van der Waals surface area contributed by atoms with Crippen molar-refractivity contribution in [1.82, 2.24) is 5.32 Å². The van der Waals surface area contributed by atoms with E-state index in [2.05, 4.69) is 31.3 Å². The molecule has 1 rings (SSSR count). The van der Waals surface area contributed by atoms with Crippen molar-refractivity contribution in [3.8, 4) is 0 Å². The van der Waals surface area contributed by atoms with Crippen molar-refractivity contribution in [2.75, 3.05) is 13.1 Å². The van der Waals surface area contributed by atoms with Crippen LogP contribution in [-0.4, -0.2) is 18.9 Å². The van der Waals surface area contributed by atoms with E-state index in [1.54, 1.807) is 0 Å². The number of hydrogen-bond donors (Lipinski definition) is 1. The third-order valence-electron chi connectivity index (χ3n) is 2.91. The molecular formula is C15H23NO. The molecule has 17 heavy (non-hydrogen) atoms. The second kappa shape index (κ2) is 6.55. The number of aryl methyl sites for hydroxylation is 3. The summed E-state index contributed by atoms with van der Waals surface area (Å²) < 4.78 is 0. The summed E-state index contributed by atoms with van der Waals surface area (Å²) in [4.78, 5) is 12.1. The van der Waals surface area contributed by atoms with E-state index < -0.39 is 0 Å². The van der Waals surface area contributed by atoms with Crippen LogP contribution in [0.3, 0.4) is 0 Å². The SMILES string of the molecule is CCCNCCC(=O)c1c(C)cc(C)cc1C. The van der Waals surface area contributed by atoms with Crippen LogP contribution in [0.2, 0.25) is 0 Å². The van der Waals surface area contributed by atoms with Crippen molar-refractivity contribution in [3.05, 3.63) is 34.4 Å². The Morgan fingerprint density at radius 1 is 1.12 bits per heavy atom. The summed E-state index contributed by atoms with van der Waals surface area (Å²) in [5.74, 6) is 0.253. The molecule has 0 atom stereocenters. The maximum Gasteiger partial charge on any atom is 0.164 e. The van der Waals surface area contributed by atoms with Gasteiger partial charge in [0.25, 0.3) is 0 Å². The average Bonchev–Trinajstić information content (AvgIpc) is 2.23. The number of ketones is 1. The van der Waals surface area contributed by atoms with Gasteiger partial charge >= 0.3 is 0 Å². The first-order chi connectivity index (χ1) is 8.06. The molecule has 0 unspecified atom stereocenters. The molecule has 0 aromatic heterocycles. The summed E-state index contributed by atoms with van der Waals surface area (Å²) in [6.07, 6.45) is 1.70. The highest BCUT2D eigenvalue weighted by molar-refractivity contribution is 5.99. The number of rotatable bonds is 6. The van der Waals surface area contributed by atoms with Gasteiger partial charge in [-0.3, -0.25) is 4.79 Å². The predicted molar refractivity (Wildman–Crippen MR) is 72.8 cm³/mol. The second-order valence-electron chi connectivity index (χ2n) is 4.70. The van der Waals surface area contributed by atoms with Crippen molar-refractivity contribution < 1.29 is 4.79 Å². The fourth-order valence-corrected chi connectivity index (χ4v) is 2.25. The fourth-order valence-electron chi connectivity index (χ4n) is 2.25. The van der Waals surface area contributed by atoms with Gasteiger partial charge in [0, 0.05) is 18.5 Å². The van der Waals surface area contributed by atoms with Gasteiger partial charge in [0.15, 0.2) is 5.78 Å². The topological polar surface area (TPSA) is 29.1 Å². The summed E-state index contributed by atoms with van der Waals surface area (Å²) in [7, 11) is 0. The minimum absolute atomic E-state index is 0.253. The van der Waals surface area contributed by atoms with Crippen molar-refractivity contribution >= 4 is 5.78 Å². The largest absolute Gasteiger partial charge is 0.316 e. The first-order valence-electron chi connectivity index (χ1n) is 6.38. The Kier molecular flexibility index (Phi) is 5.36. The van der Waals surface area contributed by atoms with Gasteiger partial charge in [-0.2, -0.15) is 0 Å². The molecule has 0 saturated carbocycles. The molecule has 94 valence electrons. The Bertz CT molecular complexity index is 373. The third kappa shape index (κ3) is 3.97. The van der Waals surface area contributed by atoms with Crippen LogP contribution >= 0.6 is 0 Å². The molecule has 0 fully saturated rings. The Hall–Kier alpha value is -1.15. The zero-order valence-corrected chi connectivity index (χ0v) is 11.4. The van der Waals surface area contributed by atoms with E-state index in [1.165, 1.54) is 5.56 Å². The van der Waals surface area contributed by atoms with Gasteiger partial charge in [0.2, 0.25) is 0 Å². The molecule has 0 radical (unpaired) electrons. The zero-order valence-electron chi connectivity index (χ0n) is 11.4. The van der Waals surface area contributed by atoms with Crippen molar-refractivity contribution in [2.45, 2.75) is 40.5 Å². The van der Waals surface area contributed by atoms with E-state index in [9.17, 15) is 4.79 Å². The van der Waals surface area contributed by atoms with Crippen molar-refractivity contribution in [1.29, 1.82) is 0 Å². The monoisotopic (exact) mass is 233 g/mol. The van der Waals surface area contributed by atoms with Gasteiger partial charge in [-0.25, -0.2) is 0 Å². The number of Topliss-reactive ketones (excluding diaryl/α,β-unsaturated/α-hetero) is 1. The number of carbonyl (C=O) groups is 1. The van der Waals surface area contributed by atoms with Gasteiger partial charge < -0.3 is 5.32 Å². The molecule has 0 aliphatic carbocycles. The summed E-state index contributed by atoms with van der Waals surface area (Å²) >= 11 is 0. The normalized spacial score (nSPS) is 10.6. The predicted octanol–water partition coefficient (Wildman–Crippen LogP) is 3.18. The lowest BCUT2D eigenvalue weighted by atomic mass is 9.95. The average molecular weight is 233 g/mol. The summed E-state index contributed by atoms with van der Waals surface area (Å²) in [5, 5.41) is 3.27. The molecule has 2 nitrogen and oxygen atoms in total. The van der Waals surface area contributed by atoms with E-state index in [0.29, 0.717) is 6.42 Å². The maximum atomic E-state index is 12.1. The number of nitrogens with one attached hydrogen (secondary N) is 1. The Balaban J connectivity index is 2.69. The van der Waals surface area contributed by atoms with Crippen LogP contribution in [0.15, 0.2) is 12.1 Å². The number of hydrogen-bond acceptors (Lipinski definition) is 2. The van der Waals surface area contributed by atoms with Crippen LogP contribution < -0.4 is 5.32 Å². The molecule has 0 bridgehead atoms. The first-order valence-corrected chi connectivity index (χ1v) is 6.38. The fraction of sp³-hybridized carbons (Fsp3) is 0.533. The van der Waals surface area contributed by atoms with E-state index in [-0.39, 0.29) is 5.78 Å². The van der Waals surface area contributed by atoms with Gasteiger partial charge in [-0.05, 0) is 44.9 Å². The Morgan fingerprint density at radius 2 is 1.71 bits per heavy atom. The lowest BCUT2D eigenvalue weighted by molar-refractivity contribution is 0.0981. The highest BCUT2D eigenvalue weighted by Gasteiger charge is 2.11. The van der Waals surface area contributed by atoms with E-state index in [0.717, 1.165) is 36.2 Å². The van der Waals surface area contributed by atoms with Crippen LogP contribution in [-0.2, 0) is 0 Å². The van der Waals surface area contributed by atoms with Gasteiger partial charge in [-0.1, -0.05) is 24.6 Å². The molecule has 0 amide bonds. The lowest BCUT2D eigenvalue weighted by Crippen LogP contribution is -2.19. The molecule has 1 N–H and O–H groups in total. The van der Waals surface area contributed by atoms with Gasteiger partial charge in [-0.15, -0.1) is 0 Å². The summed E-state index contributed by atoms with van der Waals surface area (Å²) in [6, 6.07) is 4.17. The van der Waals surface area contributed by atoms with Crippen LogP contribution in [0.25, 0.3) is 0 Å². The van der Waals surface area contributed by atoms with Crippen molar-refractivity contribution in [2.24, 2.45) is 0 Å². The molecule has 0 saturated heterocycles. The second-order valence-corrected chi connectivity index (χ2v) is 4.70. The smallest absolute Gasteiger partial charge is 0.164 e. The van der Waals surface area contributed by atoms with Crippen LogP contribution in [0.4, 0.5) is 0 Å². The highest BCUT2D eigenvalue weighted by atomic mass is 16.1. The molecule has 0 spiro atoms. The van der Waals surface area contributed by atoms with E-state index >= 15 is 0 Å².